The monoisotopic (exact) mass is 542 g/mol. The Morgan fingerprint density at radius 3 is 1.15 bits per heavy atom. The zero-order valence-electron chi connectivity index (χ0n) is 21.7. The van der Waals surface area contributed by atoms with Gasteiger partial charge in [0.05, 0.1) is 0 Å². The molecule has 0 radical (unpaired) electrons. The molecule has 0 aliphatic heterocycles. The van der Waals surface area contributed by atoms with Crippen LogP contribution < -0.4 is 10.4 Å². The van der Waals surface area contributed by atoms with Crippen LogP contribution >= 0.6 is 22.2 Å². The van der Waals surface area contributed by atoms with Crippen LogP contribution in [0.2, 0.25) is 0 Å². The van der Waals surface area contributed by atoms with E-state index in [2.05, 4.69) is 55.4 Å². The Morgan fingerprint density at radius 1 is 0.559 bits per heavy atom. The molecule has 0 bridgehead atoms. The maximum Gasteiger partial charge on any atom is 0.310 e. The third-order valence-electron chi connectivity index (χ3n) is 7.82. The van der Waals surface area contributed by atoms with Gasteiger partial charge < -0.3 is 0 Å². The van der Waals surface area contributed by atoms with Crippen LogP contribution in [-0.2, 0) is 19.2 Å². The summed E-state index contributed by atoms with van der Waals surface area (Å²) >= 11 is 12.9. The molecule has 4 rings (SSSR count). The van der Waals surface area contributed by atoms with Crippen LogP contribution in [0.15, 0.2) is 102 Å². The van der Waals surface area contributed by atoms with Crippen molar-refractivity contribution in [3.8, 4) is 0 Å². The zero-order valence-corrected chi connectivity index (χ0v) is 25.8. The van der Waals surface area contributed by atoms with Crippen LogP contribution in [0.25, 0.3) is 0 Å². The average Bonchev–Trinajstić information content (AvgIpc) is 3.15. The fourth-order valence-corrected chi connectivity index (χ4v) is 10.8. The third kappa shape index (κ3) is 5.50. The Labute approximate surface area is 226 Å². The van der Waals surface area contributed by atoms with E-state index in [0.29, 0.717) is 11.8 Å². The molecular formula is C30H36Cl2SiTi. The van der Waals surface area contributed by atoms with Crippen LogP contribution in [0, 0.1) is 11.8 Å². The second-order valence-corrected chi connectivity index (χ2v) is 17.9. The van der Waals surface area contributed by atoms with E-state index in [0.717, 1.165) is 10.4 Å². The van der Waals surface area contributed by atoms with Crippen molar-refractivity contribution in [1.82, 2.24) is 0 Å². The van der Waals surface area contributed by atoms with Crippen LogP contribution in [0.3, 0.4) is 0 Å². The van der Waals surface area contributed by atoms with E-state index >= 15 is 0 Å². The number of benzene rings is 2. The molecule has 0 fully saturated rings. The molecule has 0 amide bonds. The first-order valence-electron chi connectivity index (χ1n) is 12.0. The molecule has 2 aromatic carbocycles. The third-order valence-corrected chi connectivity index (χ3v) is 15.9. The van der Waals surface area contributed by atoms with Gasteiger partial charge in [-0.2, -0.15) is 0 Å². The van der Waals surface area contributed by atoms with E-state index in [1.807, 2.05) is 60.7 Å². The summed E-state index contributed by atoms with van der Waals surface area (Å²) in [6.07, 6.45) is 0. The van der Waals surface area contributed by atoms with Gasteiger partial charge in [-0.05, 0) is 10.4 Å². The fourth-order valence-electron chi connectivity index (χ4n) is 4.74. The first kappa shape index (κ1) is 27.5. The van der Waals surface area contributed by atoms with Crippen molar-refractivity contribution in [3.63, 3.8) is 0 Å². The molecule has 0 aromatic heterocycles. The van der Waals surface area contributed by atoms with Crippen molar-refractivity contribution < 1.29 is 19.2 Å². The summed E-state index contributed by atoms with van der Waals surface area (Å²) in [5, 5.41) is 2.05. The van der Waals surface area contributed by atoms with Crippen molar-refractivity contribution >= 4 is 39.2 Å². The number of allylic oxidation sites excluding steroid dienone is 8. The molecule has 0 N–H and O–H groups in total. The van der Waals surface area contributed by atoms with Gasteiger partial charge in [-0.3, -0.25) is 0 Å². The van der Waals surface area contributed by atoms with Crippen LogP contribution in [0.1, 0.15) is 55.4 Å². The predicted octanol–water partition coefficient (Wildman–Crippen LogP) is 8.31. The van der Waals surface area contributed by atoms with E-state index in [1.165, 1.54) is 0 Å². The molecule has 4 heteroatoms. The molecule has 0 saturated carbocycles. The molecule has 2 atom stereocenters. The van der Waals surface area contributed by atoms with Crippen LogP contribution in [0.4, 0.5) is 0 Å². The number of halogens is 2. The smallest absolute Gasteiger partial charge is 0.134 e. The fraction of sp³-hybridized carbons (Fsp3) is 0.333. The molecule has 2 aromatic rings. The molecule has 2 aliphatic carbocycles. The summed E-state index contributed by atoms with van der Waals surface area (Å²) in [5.41, 5.74) is 9.50. The van der Waals surface area contributed by atoms with Crippen molar-refractivity contribution in [1.29, 1.82) is 0 Å². The second-order valence-electron chi connectivity index (χ2n) is 9.57. The Balaban J connectivity index is 0.000000196. The standard InChI is InChI=1S/C12H10Cl2Si.2C9H13.Ti/c13-15(14,11-7-3-1-4-8-11)12-9-5-2-6-10-12;2*1-6-5-7(2)9(4)8(6)3;/h1-10H;2*6H,1-4H3;. The second kappa shape index (κ2) is 11.3. The van der Waals surface area contributed by atoms with E-state index in [-0.39, 0.29) is 19.2 Å². The van der Waals surface area contributed by atoms with Crippen molar-refractivity contribution in [2.75, 3.05) is 0 Å². The topological polar surface area (TPSA) is 0 Å². The van der Waals surface area contributed by atoms with Gasteiger partial charge in [0.2, 0.25) is 0 Å². The number of hydrogen-bond acceptors (Lipinski definition) is 0. The quantitative estimate of drug-likeness (QED) is 0.269. The number of hydrogen-bond donors (Lipinski definition) is 0. The van der Waals surface area contributed by atoms with Gasteiger partial charge >= 0.3 is 134 Å². The first-order valence-corrected chi connectivity index (χ1v) is 17.6. The summed E-state index contributed by atoms with van der Waals surface area (Å²) < 4.78 is 3.55. The molecule has 34 heavy (non-hydrogen) atoms. The summed E-state index contributed by atoms with van der Waals surface area (Å²) in [4.78, 5) is 0. The molecule has 0 spiro atoms. The first-order chi connectivity index (χ1) is 16.0. The molecule has 2 unspecified atom stereocenters. The molecule has 0 saturated heterocycles. The summed E-state index contributed by atoms with van der Waals surface area (Å²) in [5.74, 6) is 1.38. The molecule has 0 nitrogen and oxygen atoms in total. The molecule has 2 aliphatic rings. The van der Waals surface area contributed by atoms with E-state index < -0.39 is 6.69 Å². The number of rotatable bonds is 4. The Hall–Kier alpha value is -1.09. The van der Waals surface area contributed by atoms with Crippen LogP contribution in [-0.4, -0.2) is 6.69 Å². The molecule has 178 valence electrons. The molecule has 0 heterocycles. The Morgan fingerprint density at radius 2 is 0.882 bits per heavy atom. The SMILES string of the molecule is CC1=C(C)C(C)[C]([Ti][C]2=C(C)C(C)=C(C)C2C)=C1C.Cl[Si](Cl)(c1ccccc1)c1ccccc1. The predicted molar refractivity (Wildman–Crippen MR) is 150 cm³/mol. The van der Waals surface area contributed by atoms with Gasteiger partial charge in [0.25, 0.3) is 0 Å². The minimum Gasteiger partial charge on any atom is -0.134 e. The Bertz CT molecular complexity index is 1080. The minimum absolute atomic E-state index is 0.132. The van der Waals surface area contributed by atoms with Gasteiger partial charge in [-0.1, -0.05) is 60.7 Å². The van der Waals surface area contributed by atoms with Gasteiger partial charge in [-0.15, -0.1) is 22.2 Å². The maximum atomic E-state index is 6.49. The zero-order chi connectivity index (χ0) is 25.2. The maximum absolute atomic E-state index is 6.49. The van der Waals surface area contributed by atoms with Crippen LogP contribution in [0.5, 0.6) is 0 Å². The van der Waals surface area contributed by atoms with E-state index in [4.69, 9.17) is 22.2 Å². The Kier molecular flexibility index (Phi) is 9.15. The largest absolute Gasteiger partial charge is 0.310 e. The van der Waals surface area contributed by atoms with E-state index in [1.54, 1.807) is 41.2 Å². The summed E-state index contributed by atoms with van der Waals surface area (Å²) in [6.45, 7) is 16.2. The van der Waals surface area contributed by atoms with Gasteiger partial charge in [0, 0.05) is 0 Å². The minimum atomic E-state index is -2.51. The van der Waals surface area contributed by atoms with E-state index in [9.17, 15) is 0 Å². The van der Waals surface area contributed by atoms with Crippen molar-refractivity contribution in [2.45, 2.75) is 55.4 Å². The summed E-state index contributed by atoms with van der Waals surface area (Å²) in [7, 11) is 0. The van der Waals surface area contributed by atoms with Gasteiger partial charge in [0.1, 0.15) is 0 Å². The van der Waals surface area contributed by atoms with Gasteiger partial charge in [0.15, 0.2) is 0 Å². The van der Waals surface area contributed by atoms with Crippen molar-refractivity contribution in [3.05, 3.63) is 102 Å². The van der Waals surface area contributed by atoms with Crippen molar-refractivity contribution in [2.24, 2.45) is 11.8 Å². The molecular weight excluding hydrogens is 507 g/mol. The normalized spacial score (nSPS) is 20.8. The summed E-state index contributed by atoms with van der Waals surface area (Å²) in [6, 6.07) is 19.7. The van der Waals surface area contributed by atoms with Gasteiger partial charge in [-0.25, -0.2) is 0 Å². The average molecular weight is 543 g/mol.